The summed E-state index contributed by atoms with van der Waals surface area (Å²) in [7, 11) is 4.11. The Hall–Kier alpha value is -2.20. The average Bonchev–Trinajstić information content (AvgIpc) is 3.15. The molecule has 6 atom stereocenters. The van der Waals surface area contributed by atoms with Crippen LogP contribution in [-0.4, -0.2) is 43.9 Å². The monoisotopic (exact) mass is 477 g/mol. The molecule has 0 heterocycles. The first-order valence-corrected chi connectivity index (χ1v) is 13.7. The first-order valence-electron chi connectivity index (χ1n) is 13.7. The molecule has 0 aromatic heterocycles. The summed E-state index contributed by atoms with van der Waals surface area (Å²) in [5.74, 6) is 5.94. The van der Waals surface area contributed by atoms with Crippen molar-refractivity contribution in [2.45, 2.75) is 58.3 Å². The van der Waals surface area contributed by atoms with Crippen LogP contribution >= 0.6 is 0 Å². The molecule has 2 saturated carbocycles. The summed E-state index contributed by atoms with van der Waals surface area (Å²) < 4.78 is 12.0. The Kier molecular flexibility index (Phi) is 7.03. The van der Waals surface area contributed by atoms with E-state index in [0.717, 1.165) is 55.2 Å². The molecule has 2 aromatic rings. The van der Waals surface area contributed by atoms with Crippen molar-refractivity contribution >= 4 is 0 Å². The third kappa shape index (κ3) is 4.91. The summed E-state index contributed by atoms with van der Waals surface area (Å²) in [6, 6.07) is 14.2. The van der Waals surface area contributed by atoms with Gasteiger partial charge in [0.2, 0.25) is 0 Å². The molecule has 0 bridgehead atoms. The molecule has 0 radical (unpaired) electrons. The number of likely N-dealkylation sites (N-methyl/N-ethyl adjacent to an activating group) is 1. The van der Waals surface area contributed by atoms with Crippen LogP contribution in [0.25, 0.3) is 0 Å². The summed E-state index contributed by atoms with van der Waals surface area (Å²) in [5.41, 5.74) is 3.34. The molecule has 0 spiro atoms. The molecule has 1 N–H and O–H groups in total. The number of phenols is 1. The van der Waals surface area contributed by atoms with Gasteiger partial charge in [-0.05, 0) is 135 Å². The van der Waals surface area contributed by atoms with Crippen LogP contribution in [0.4, 0.5) is 0 Å². The van der Waals surface area contributed by atoms with E-state index in [0.29, 0.717) is 29.6 Å². The maximum absolute atomic E-state index is 10.0. The van der Waals surface area contributed by atoms with E-state index in [1.165, 1.54) is 36.8 Å². The van der Waals surface area contributed by atoms with Crippen LogP contribution in [0.1, 0.15) is 63.0 Å². The van der Waals surface area contributed by atoms with Crippen molar-refractivity contribution in [2.75, 3.05) is 33.9 Å². The molecule has 4 heteroatoms. The minimum absolute atomic E-state index is 0.419. The third-order valence-electron chi connectivity index (χ3n) is 9.62. The van der Waals surface area contributed by atoms with Gasteiger partial charge in [-0.3, -0.25) is 0 Å². The average molecular weight is 478 g/mol. The summed E-state index contributed by atoms with van der Waals surface area (Å²) in [6.07, 6.45) is 7.55. The van der Waals surface area contributed by atoms with Gasteiger partial charge in [0, 0.05) is 6.54 Å². The van der Waals surface area contributed by atoms with Gasteiger partial charge in [-0.15, -0.1) is 0 Å². The third-order valence-corrected chi connectivity index (χ3v) is 9.62. The van der Waals surface area contributed by atoms with E-state index in [1.807, 2.05) is 36.4 Å². The molecule has 190 valence electrons. The van der Waals surface area contributed by atoms with Crippen LogP contribution in [0.5, 0.6) is 17.2 Å². The summed E-state index contributed by atoms with van der Waals surface area (Å²) >= 11 is 0. The molecule has 0 saturated heterocycles. The second-order valence-electron chi connectivity index (χ2n) is 11.9. The molecule has 3 aliphatic carbocycles. The number of benzene rings is 2. The minimum atomic E-state index is 0.419. The highest BCUT2D eigenvalue weighted by Crippen LogP contribution is 2.64. The minimum Gasteiger partial charge on any atom is -0.508 e. The fourth-order valence-corrected chi connectivity index (χ4v) is 7.84. The molecule has 0 amide bonds. The topological polar surface area (TPSA) is 41.9 Å². The standard InChI is InChI=1S/C31H43NO3/c1-21-19-22-20-24(33)6-11-27(22)28-13-15-31(2)23(5-12-29(31)30(21)28)14-17-34-25-7-9-26(10-8-25)35-18-16-32(3)4/h6-11,20-21,23,28-30,33H,5,12-19H2,1-4H3/t21-,23-,28-,29+,30-,31-/m1/s1. The summed E-state index contributed by atoms with van der Waals surface area (Å²) in [6.45, 7) is 7.45. The van der Waals surface area contributed by atoms with Crippen molar-refractivity contribution in [3.8, 4) is 17.2 Å². The first-order chi connectivity index (χ1) is 16.8. The van der Waals surface area contributed by atoms with E-state index in [2.05, 4.69) is 38.9 Å². The SMILES string of the molecule is C[C@@H]1Cc2cc(O)ccc2[C@H]2CC[C@]3(C)[C@@H](CCOc4ccc(OCCN(C)C)cc4)CC[C@H]3[C@H]12. The van der Waals surface area contributed by atoms with E-state index >= 15 is 0 Å². The zero-order valence-corrected chi connectivity index (χ0v) is 22.0. The van der Waals surface area contributed by atoms with E-state index in [4.69, 9.17) is 9.47 Å². The highest BCUT2D eigenvalue weighted by Gasteiger charge is 2.55. The highest BCUT2D eigenvalue weighted by molar-refractivity contribution is 5.40. The van der Waals surface area contributed by atoms with Crippen LogP contribution in [0.3, 0.4) is 0 Å². The molecule has 0 aliphatic heterocycles. The van der Waals surface area contributed by atoms with E-state index < -0.39 is 0 Å². The van der Waals surface area contributed by atoms with E-state index in [9.17, 15) is 5.11 Å². The molecular formula is C31H43NO3. The normalized spacial score (nSPS) is 31.5. The van der Waals surface area contributed by atoms with Crippen molar-refractivity contribution in [3.05, 3.63) is 53.6 Å². The number of fused-ring (bicyclic) bond motifs is 5. The van der Waals surface area contributed by atoms with Gasteiger partial charge in [0.25, 0.3) is 0 Å². The summed E-state index contributed by atoms with van der Waals surface area (Å²) in [4.78, 5) is 2.12. The van der Waals surface area contributed by atoms with Crippen LogP contribution in [0, 0.1) is 29.1 Å². The van der Waals surface area contributed by atoms with Gasteiger partial charge in [-0.25, -0.2) is 0 Å². The second-order valence-corrected chi connectivity index (χ2v) is 11.9. The van der Waals surface area contributed by atoms with Crippen molar-refractivity contribution in [2.24, 2.45) is 29.1 Å². The number of nitrogens with zero attached hydrogens (tertiary/aromatic N) is 1. The van der Waals surface area contributed by atoms with Gasteiger partial charge >= 0.3 is 0 Å². The fraction of sp³-hybridized carbons (Fsp3) is 0.613. The molecule has 35 heavy (non-hydrogen) atoms. The van der Waals surface area contributed by atoms with E-state index in [1.54, 1.807) is 0 Å². The van der Waals surface area contributed by atoms with Crippen molar-refractivity contribution in [1.82, 2.24) is 4.90 Å². The smallest absolute Gasteiger partial charge is 0.119 e. The van der Waals surface area contributed by atoms with Crippen molar-refractivity contribution < 1.29 is 14.6 Å². The van der Waals surface area contributed by atoms with Crippen LogP contribution < -0.4 is 9.47 Å². The number of ether oxygens (including phenoxy) is 2. The largest absolute Gasteiger partial charge is 0.508 e. The molecular weight excluding hydrogens is 434 g/mol. The zero-order valence-electron chi connectivity index (χ0n) is 22.0. The second kappa shape index (κ2) is 10.0. The highest BCUT2D eigenvalue weighted by atomic mass is 16.5. The Morgan fingerprint density at radius 3 is 2.40 bits per heavy atom. The van der Waals surface area contributed by atoms with Crippen LogP contribution in [-0.2, 0) is 6.42 Å². The van der Waals surface area contributed by atoms with Crippen molar-refractivity contribution in [3.63, 3.8) is 0 Å². The first kappa shape index (κ1) is 24.5. The fourth-order valence-electron chi connectivity index (χ4n) is 7.84. The Morgan fingerprint density at radius 2 is 1.69 bits per heavy atom. The maximum Gasteiger partial charge on any atom is 0.119 e. The van der Waals surface area contributed by atoms with Gasteiger partial charge < -0.3 is 19.5 Å². The van der Waals surface area contributed by atoms with Crippen molar-refractivity contribution in [1.29, 1.82) is 0 Å². The molecule has 5 rings (SSSR count). The Balaban J connectivity index is 1.18. The maximum atomic E-state index is 10.0. The quantitative estimate of drug-likeness (QED) is 0.470. The Morgan fingerprint density at radius 1 is 0.971 bits per heavy atom. The molecule has 2 fully saturated rings. The lowest BCUT2D eigenvalue weighted by Crippen LogP contribution is -2.45. The van der Waals surface area contributed by atoms with E-state index in [-0.39, 0.29) is 0 Å². The number of hydrogen-bond acceptors (Lipinski definition) is 4. The summed E-state index contributed by atoms with van der Waals surface area (Å²) in [5, 5.41) is 10.0. The Labute approximate surface area is 211 Å². The zero-order chi connectivity index (χ0) is 24.6. The van der Waals surface area contributed by atoms with Gasteiger partial charge in [-0.2, -0.15) is 0 Å². The molecule has 4 nitrogen and oxygen atoms in total. The van der Waals surface area contributed by atoms with Gasteiger partial charge in [0.15, 0.2) is 0 Å². The lowest BCUT2D eigenvalue weighted by Gasteiger charge is -2.53. The number of hydrogen-bond donors (Lipinski definition) is 1. The van der Waals surface area contributed by atoms with Gasteiger partial charge in [-0.1, -0.05) is 19.9 Å². The molecule has 0 unspecified atom stereocenters. The number of rotatable bonds is 8. The van der Waals surface area contributed by atoms with Gasteiger partial charge in [0.1, 0.15) is 23.9 Å². The van der Waals surface area contributed by atoms with Gasteiger partial charge in [0.05, 0.1) is 6.61 Å². The van der Waals surface area contributed by atoms with Crippen LogP contribution in [0.15, 0.2) is 42.5 Å². The number of aromatic hydroxyl groups is 1. The lowest BCUT2D eigenvalue weighted by atomic mass is 9.51. The predicted octanol–water partition coefficient (Wildman–Crippen LogP) is 6.52. The van der Waals surface area contributed by atoms with Crippen LogP contribution in [0.2, 0.25) is 0 Å². The molecule has 2 aromatic carbocycles. The Bertz CT molecular complexity index is 1000. The molecule has 3 aliphatic rings. The predicted molar refractivity (Wildman–Crippen MR) is 141 cm³/mol. The number of phenolic OH excluding ortho intramolecular Hbond substituents is 1. The lowest BCUT2D eigenvalue weighted by molar-refractivity contribution is 0.000917.